The van der Waals surface area contributed by atoms with Crippen molar-refractivity contribution in [1.29, 1.82) is 0 Å². The summed E-state index contributed by atoms with van der Waals surface area (Å²) in [5.74, 6) is -1.89. The molecule has 0 aliphatic carbocycles. The fraction of sp³-hybridized carbons (Fsp3) is 0.105. The third kappa shape index (κ3) is 3.61. The summed E-state index contributed by atoms with van der Waals surface area (Å²) < 4.78 is 15.3. The van der Waals surface area contributed by atoms with E-state index in [1.54, 1.807) is 28.9 Å². The second-order valence-electron chi connectivity index (χ2n) is 5.77. The molecule has 0 aliphatic heterocycles. The van der Waals surface area contributed by atoms with E-state index in [-0.39, 0.29) is 5.56 Å². The molecule has 3 rings (SSSR count). The first-order valence-electron chi connectivity index (χ1n) is 7.94. The summed E-state index contributed by atoms with van der Waals surface area (Å²) in [4.78, 5) is 24.0. The van der Waals surface area contributed by atoms with Crippen LogP contribution < -0.4 is 10.9 Å². The molecule has 0 atom stereocenters. The van der Waals surface area contributed by atoms with Crippen LogP contribution in [0.15, 0.2) is 54.6 Å². The van der Waals surface area contributed by atoms with Gasteiger partial charge in [-0.05, 0) is 56.3 Å². The lowest BCUT2D eigenvalue weighted by Gasteiger charge is -2.09. The van der Waals surface area contributed by atoms with Crippen LogP contribution in [0.25, 0.3) is 5.69 Å². The number of carbonyl (C=O) groups is 2. The van der Waals surface area contributed by atoms with E-state index in [1.165, 1.54) is 24.3 Å². The van der Waals surface area contributed by atoms with E-state index in [9.17, 15) is 14.0 Å². The summed E-state index contributed by atoms with van der Waals surface area (Å²) in [6, 6.07) is 14.2. The van der Waals surface area contributed by atoms with Crippen molar-refractivity contribution in [3.05, 3.63) is 82.9 Å². The third-order valence-corrected chi connectivity index (χ3v) is 3.79. The lowest BCUT2D eigenvalue weighted by Crippen LogP contribution is -2.41. The molecule has 26 heavy (non-hydrogen) atoms. The van der Waals surface area contributed by atoms with E-state index in [2.05, 4.69) is 16.0 Å². The number of amides is 2. The maximum absolute atomic E-state index is 13.5. The molecule has 0 unspecified atom stereocenters. The van der Waals surface area contributed by atoms with Crippen molar-refractivity contribution < 1.29 is 14.0 Å². The van der Waals surface area contributed by atoms with Gasteiger partial charge in [0.2, 0.25) is 0 Å². The number of benzene rings is 2. The van der Waals surface area contributed by atoms with Gasteiger partial charge in [0.05, 0.1) is 16.9 Å². The quantitative estimate of drug-likeness (QED) is 0.712. The summed E-state index contributed by atoms with van der Waals surface area (Å²) in [6.45, 7) is 3.85. The molecule has 0 spiro atoms. The van der Waals surface area contributed by atoms with Gasteiger partial charge in [-0.15, -0.1) is 0 Å². The Labute approximate surface area is 149 Å². The number of nitrogens with one attached hydrogen (secondary N) is 2. The fourth-order valence-electron chi connectivity index (χ4n) is 2.54. The smallest absolute Gasteiger partial charge is 0.267 e. The van der Waals surface area contributed by atoms with Crippen LogP contribution in [0.4, 0.5) is 4.39 Å². The maximum atomic E-state index is 13.5. The van der Waals surface area contributed by atoms with Gasteiger partial charge in [0.15, 0.2) is 0 Å². The first kappa shape index (κ1) is 17.3. The first-order valence-corrected chi connectivity index (χ1v) is 7.94. The van der Waals surface area contributed by atoms with Gasteiger partial charge in [-0.25, -0.2) is 9.07 Å². The van der Waals surface area contributed by atoms with E-state index < -0.39 is 17.6 Å². The zero-order valence-electron chi connectivity index (χ0n) is 14.3. The molecule has 132 valence electrons. The van der Waals surface area contributed by atoms with Crippen LogP contribution in [0.1, 0.15) is 32.1 Å². The molecule has 0 aliphatic rings. The zero-order chi connectivity index (χ0) is 18.7. The second-order valence-corrected chi connectivity index (χ2v) is 5.77. The number of hydrazine groups is 1. The van der Waals surface area contributed by atoms with Crippen LogP contribution in [0.5, 0.6) is 0 Å². The van der Waals surface area contributed by atoms with Crippen molar-refractivity contribution in [2.45, 2.75) is 13.8 Å². The Bertz CT molecular complexity index is 964. The van der Waals surface area contributed by atoms with Gasteiger partial charge < -0.3 is 0 Å². The molecule has 2 N–H and O–H groups in total. The molecule has 0 saturated carbocycles. The van der Waals surface area contributed by atoms with Crippen LogP contribution in [-0.2, 0) is 0 Å². The van der Waals surface area contributed by atoms with Gasteiger partial charge in [-0.3, -0.25) is 20.4 Å². The van der Waals surface area contributed by atoms with Crippen molar-refractivity contribution in [1.82, 2.24) is 20.6 Å². The Balaban J connectivity index is 1.66. The van der Waals surface area contributed by atoms with E-state index in [0.29, 0.717) is 5.56 Å². The Hall–Kier alpha value is -3.48. The monoisotopic (exact) mass is 352 g/mol. The summed E-state index contributed by atoms with van der Waals surface area (Å²) in [5, 5.41) is 4.38. The zero-order valence-corrected chi connectivity index (χ0v) is 14.3. The molecule has 7 heteroatoms. The Kier molecular flexibility index (Phi) is 4.79. The summed E-state index contributed by atoms with van der Waals surface area (Å²) in [5.41, 5.74) is 7.39. The molecule has 6 nitrogen and oxygen atoms in total. The molecule has 0 fully saturated rings. The minimum atomic E-state index is -0.726. The summed E-state index contributed by atoms with van der Waals surface area (Å²) in [7, 11) is 0. The van der Waals surface area contributed by atoms with Crippen molar-refractivity contribution in [2.24, 2.45) is 0 Å². The SMILES string of the molecule is Cc1cc(C)n(-c2ccc(C(=O)NNC(=O)c3ccccc3F)cc2)n1. The van der Waals surface area contributed by atoms with Crippen LogP contribution in [0.3, 0.4) is 0 Å². The molecule has 3 aromatic rings. The van der Waals surface area contributed by atoms with Gasteiger partial charge in [0.1, 0.15) is 5.82 Å². The molecular weight excluding hydrogens is 335 g/mol. The number of hydrogen-bond donors (Lipinski definition) is 2. The van der Waals surface area contributed by atoms with Gasteiger partial charge in [0.25, 0.3) is 11.8 Å². The third-order valence-electron chi connectivity index (χ3n) is 3.79. The summed E-state index contributed by atoms with van der Waals surface area (Å²) in [6.07, 6.45) is 0. The van der Waals surface area contributed by atoms with Crippen molar-refractivity contribution in [3.63, 3.8) is 0 Å². The molecule has 1 aromatic heterocycles. The van der Waals surface area contributed by atoms with Crippen LogP contribution in [0.2, 0.25) is 0 Å². The number of aromatic nitrogens is 2. The van der Waals surface area contributed by atoms with Gasteiger partial charge in [-0.2, -0.15) is 5.10 Å². The minimum absolute atomic E-state index is 0.146. The average molecular weight is 352 g/mol. The van der Waals surface area contributed by atoms with E-state index in [4.69, 9.17) is 0 Å². The second kappa shape index (κ2) is 7.18. The molecule has 0 saturated heterocycles. The van der Waals surface area contributed by atoms with Crippen molar-refractivity contribution in [2.75, 3.05) is 0 Å². The number of halogens is 1. The number of nitrogens with zero attached hydrogens (tertiary/aromatic N) is 2. The predicted octanol–water partition coefficient (Wildman–Crippen LogP) is 2.70. The highest BCUT2D eigenvalue weighted by Gasteiger charge is 2.13. The topological polar surface area (TPSA) is 76.0 Å². The standard InChI is InChI=1S/C19H17FN4O2/c1-12-11-13(2)24(23-12)15-9-7-14(8-10-15)18(25)21-22-19(26)16-5-3-4-6-17(16)20/h3-11H,1-2H3,(H,21,25)(H,22,26). The fourth-order valence-corrected chi connectivity index (χ4v) is 2.54. The minimum Gasteiger partial charge on any atom is -0.267 e. The number of aryl methyl sites for hydroxylation is 2. The Morgan fingerprint density at radius 1 is 0.962 bits per heavy atom. The van der Waals surface area contributed by atoms with Gasteiger partial charge in [-0.1, -0.05) is 12.1 Å². The molecule has 2 aromatic carbocycles. The Morgan fingerprint density at radius 3 is 2.23 bits per heavy atom. The molecule has 0 radical (unpaired) electrons. The van der Waals surface area contributed by atoms with Crippen LogP contribution >= 0.6 is 0 Å². The highest BCUT2D eigenvalue weighted by atomic mass is 19.1. The lowest BCUT2D eigenvalue weighted by atomic mass is 10.2. The van der Waals surface area contributed by atoms with E-state index in [1.807, 2.05) is 19.9 Å². The summed E-state index contributed by atoms with van der Waals surface area (Å²) >= 11 is 0. The highest BCUT2D eigenvalue weighted by Crippen LogP contribution is 2.13. The van der Waals surface area contributed by atoms with Crippen LogP contribution in [0, 0.1) is 19.7 Å². The van der Waals surface area contributed by atoms with Crippen LogP contribution in [-0.4, -0.2) is 21.6 Å². The maximum Gasteiger partial charge on any atom is 0.272 e. The largest absolute Gasteiger partial charge is 0.272 e. The van der Waals surface area contributed by atoms with Crippen molar-refractivity contribution >= 4 is 11.8 Å². The normalized spacial score (nSPS) is 10.4. The molecule has 2 amide bonds. The number of rotatable bonds is 3. The van der Waals surface area contributed by atoms with E-state index in [0.717, 1.165) is 17.1 Å². The molecule has 1 heterocycles. The van der Waals surface area contributed by atoms with Gasteiger partial charge >= 0.3 is 0 Å². The predicted molar refractivity (Wildman–Crippen MR) is 94.4 cm³/mol. The van der Waals surface area contributed by atoms with Gasteiger partial charge in [0, 0.05) is 11.3 Å². The highest BCUT2D eigenvalue weighted by molar-refractivity contribution is 5.99. The number of hydrogen-bond acceptors (Lipinski definition) is 3. The van der Waals surface area contributed by atoms with Crippen molar-refractivity contribution in [3.8, 4) is 5.69 Å². The Morgan fingerprint density at radius 2 is 1.62 bits per heavy atom. The van der Waals surface area contributed by atoms with E-state index >= 15 is 0 Å². The lowest BCUT2D eigenvalue weighted by molar-refractivity contribution is 0.0844. The average Bonchev–Trinajstić information content (AvgIpc) is 2.98. The molecule has 0 bridgehead atoms. The number of carbonyl (C=O) groups excluding carboxylic acids is 2. The molecular formula is C19H17FN4O2. The first-order chi connectivity index (χ1) is 12.5.